The number of hydrogen-bond donors (Lipinski definition) is 1. The lowest BCUT2D eigenvalue weighted by Gasteiger charge is -2.31. The van der Waals surface area contributed by atoms with Crippen LogP contribution in [0.1, 0.15) is 50.5 Å². The van der Waals surface area contributed by atoms with Crippen molar-refractivity contribution in [3.05, 3.63) is 35.9 Å². The fourth-order valence-corrected chi connectivity index (χ4v) is 4.04. The van der Waals surface area contributed by atoms with E-state index in [1.54, 1.807) is 0 Å². The van der Waals surface area contributed by atoms with E-state index in [0.29, 0.717) is 18.4 Å². The molecule has 0 bridgehead atoms. The van der Waals surface area contributed by atoms with Gasteiger partial charge in [0, 0.05) is 19.0 Å². The third-order valence-electron chi connectivity index (χ3n) is 5.71. The summed E-state index contributed by atoms with van der Waals surface area (Å²) in [5, 5.41) is 0. The third kappa shape index (κ3) is 4.07. The Morgan fingerprint density at radius 1 is 1.22 bits per heavy atom. The average molecular weight is 337 g/mol. The fraction of sp³-hybridized carbons (Fsp3) is 0.632. The maximum absolute atomic E-state index is 12.7. The second kappa shape index (κ2) is 7.67. The van der Waals surface area contributed by atoms with E-state index in [4.69, 9.17) is 5.73 Å². The Labute approximate surface area is 146 Å². The largest absolute Gasteiger partial charge is 0.342 e. The summed E-state index contributed by atoms with van der Waals surface area (Å²) in [5.41, 5.74) is 7.42. The number of rotatable bonds is 3. The minimum Gasteiger partial charge on any atom is -0.342 e. The molecule has 128 valence electrons. The molecule has 1 atom stereocenters. The van der Waals surface area contributed by atoms with Crippen molar-refractivity contribution in [3.8, 4) is 0 Å². The molecule has 1 saturated heterocycles. The summed E-state index contributed by atoms with van der Waals surface area (Å²) in [4.78, 5) is 14.8. The Bertz CT molecular complexity index is 513. The normalized spacial score (nSPS) is 30.8. The molecule has 1 saturated carbocycles. The Hall–Kier alpha value is -1.06. The van der Waals surface area contributed by atoms with Crippen LogP contribution in [0.3, 0.4) is 0 Å². The molecule has 23 heavy (non-hydrogen) atoms. The van der Waals surface area contributed by atoms with Crippen molar-refractivity contribution in [1.82, 2.24) is 4.90 Å². The van der Waals surface area contributed by atoms with Gasteiger partial charge in [-0.3, -0.25) is 4.79 Å². The first-order chi connectivity index (χ1) is 10.6. The Morgan fingerprint density at radius 3 is 2.43 bits per heavy atom. The summed E-state index contributed by atoms with van der Waals surface area (Å²) in [6.07, 6.45) is 5.40. The van der Waals surface area contributed by atoms with Gasteiger partial charge in [-0.25, -0.2) is 0 Å². The summed E-state index contributed by atoms with van der Waals surface area (Å²) in [6.45, 7) is 4.62. The summed E-state index contributed by atoms with van der Waals surface area (Å²) in [7, 11) is 0. The molecule has 0 spiro atoms. The van der Waals surface area contributed by atoms with Crippen LogP contribution in [-0.4, -0.2) is 30.4 Å². The number of hydrogen-bond acceptors (Lipinski definition) is 2. The molecule has 1 aromatic rings. The van der Waals surface area contributed by atoms with E-state index in [-0.39, 0.29) is 23.7 Å². The molecule has 0 radical (unpaired) electrons. The second-order valence-corrected chi connectivity index (χ2v) is 7.48. The quantitative estimate of drug-likeness (QED) is 0.917. The van der Waals surface area contributed by atoms with Crippen LogP contribution in [0.2, 0.25) is 0 Å². The van der Waals surface area contributed by atoms with Crippen LogP contribution in [0.15, 0.2) is 30.3 Å². The lowest BCUT2D eigenvalue weighted by atomic mass is 9.78. The number of amides is 1. The number of nitrogens with zero attached hydrogens (tertiary/aromatic N) is 1. The molecule has 0 aromatic heterocycles. The highest BCUT2D eigenvalue weighted by Crippen LogP contribution is 2.38. The van der Waals surface area contributed by atoms with Crippen molar-refractivity contribution >= 4 is 18.3 Å². The second-order valence-electron chi connectivity index (χ2n) is 7.48. The maximum Gasteiger partial charge on any atom is 0.225 e. The topological polar surface area (TPSA) is 46.3 Å². The smallest absolute Gasteiger partial charge is 0.225 e. The molecule has 2 N–H and O–H groups in total. The first-order valence-electron chi connectivity index (χ1n) is 8.65. The minimum atomic E-state index is 0. The number of carbonyl (C=O) groups is 1. The summed E-state index contributed by atoms with van der Waals surface area (Å²) < 4.78 is 0. The highest BCUT2D eigenvalue weighted by Gasteiger charge is 2.38. The van der Waals surface area contributed by atoms with Crippen molar-refractivity contribution < 1.29 is 4.79 Å². The Morgan fingerprint density at radius 2 is 1.87 bits per heavy atom. The Kier molecular flexibility index (Phi) is 6.10. The van der Waals surface area contributed by atoms with Crippen LogP contribution >= 0.6 is 12.4 Å². The molecule has 1 aliphatic heterocycles. The monoisotopic (exact) mass is 336 g/mol. The molecule has 1 amide bonds. The lowest BCUT2D eigenvalue weighted by Crippen LogP contribution is -2.38. The first-order valence-corrected chi connectivity index (χ1v) is 8.65. The van der Waals surface area contributed by atoms with Gasteiger partial charge in [0.15, 0.2) is 0 Å². The average Bonchev–Trinajstić information content (AvgIpc) is 2.98. The van der Waals surface area contributed by atoms with Crippen molar-refractivity contribution in [3.63, 3.8) is 0 Å². The van der Waals surface area contributed by atoms with Gasteiger partial charge in [-0.2, -0.15) is 0 Å². The van der Waals surface area contributed by atoms with E-state index >= 15 is 0 Å². The Balaban J connectivity index is 0.00000192. The van der Waals surface area contributed by atoms with E-state index in [2.05, 4.69) is 42.2 Å². The lowest BCUT2D eigenvalue weighted by molar-refractivity contribution is -0.135. The zero-order valence-electron chi connectivity index (χ0n) is 14.0. The highest BCUT2D eigenvalue weighted by atomic mass is 35.5. The van der Waals surface area contributed by atoms with Crippen LogP contribution in [0, 0.1) is 11.3 Å². The number of benzene rings is 1. The predicted molar refractivity (Wildman–Crippen MR) is 96.7 cm³/mol. The minimum absolute atomic E-state index is 0. The zero-order valence-corrected chi connectivity index (χ0v) is 14.9. The number of likely N-dealkylation sites (tertiary alicyclic amines) is 1. The fourth-order valence-electron chi connectivity index (χ4n) is 4.04. The van der Waals surface area contributed by atoms with Gasteiger partial charge in [-0.15, -0.1) is 12.4 Å². The highest BCUT2D eigenvalue weighted by molar-refractivity contribution is 5.85. The van der Waals surface area contributed by atoms with Crippen molar-refractivity contribution in [2.24, 2.45) is 17.1 Å². The maximum atomic E-state index is 12.7. The molecular formula is C19H29ClN2O. The van der Waals surface area contributed by atoms with E-state index in [1.807, 2.05) is 0 Å². The van der Waals surface area contributed by atoms with E-state index < -0.39 is 0 Å². The van der Waals surface area contributed by atoms with Gasteiger partial charge in [0.25, 0.3) is 0 Å². The molecule has 4 heteroatoms. The molecule has 1 heterocycles. The van der Waals surface area contributed by atoms with Crippen LogP contribution in [0.25, 0.3) is 0 Å². The molecule has 2 aliphatic rings. The van der Waals surface area contributed by atoms with E-state index in [1.165, 1.54) is 5.56 Å². The standard InChI is InChI=1S/C19H28N2O.ClH/c1-19(13-20)11-12-21(14-19)18(22)17-9-7-16(8-10-17)15-5-3-2-4-6-15;/h2-6,16-17H,7-14,20H2,1H3;1H. The number of carbonyl (C=O) groups excluding carboxylic acids is 1. The first kappa shape index (κ1) is 18.3. The van der Waals surface area contributed by atoms with Crippen LogP contribution in [0.5, 0.6) is 0 Å². The van der Waals surface area contributed by atoms with Gasteiger partial charge in [-0.1, -0.05) is 37.3 Å². The van der Waals surface area contributed by atoms with Gasteiger partial charge in [0.2, 0.25) is 5.91 Å². The molecule has 3 rings (SSSR count). The van der Waals surface area contributed by atoms with Gasteiger partial charge < -0.3 is 10.6 Å². The van der Waals surface area contributed by atoms with Crippen molar-refractivity contribution in [2.75, 3.05) is 19.6 Å². The van der Waals surface area contributed by atoms with Crippen LogP contribution in [0.4, 0.5) is 0 Å². The number of nitrogens with two attached hydrogens (primary N) is 1. The van der Waals surface area contributed by atoms with Crippen LogP contribution < -0.4 is 5.73 Å². The summed E-state index contributed by atoms with van der Waals surface area (Å²) in [6, 6.07) is 10.7. The predicted octanol–water partition coefficient (Wildman–Crippen LogP) is 3.58. The van der Waals surface area contributed by atoms with Gasteiger partial charge in [0.05, 0.1) is 0 Å². The number of halogens is 1. The summed E-state index contributed by atoms with van der Waals surface area (Å²) >= 11 is 0. The zero-order chi connectivity index (χ0) is 15.6. The van der Waals surface area contributed by atoms with Gasteiger partial charge in [0.1, 0.15) is 0 Å². The molecule has 1 unspecified atom stereocenters. The molecular weight excluding hydrogens is 308 g/mol. The van der Waals surface area contributed by atoms with Gasteiger partial charge >= 0.3 is 0 Å². The van der Waals surface area contributed by atoms with Crippen molar-refractivity contribution in [2.45, 2.75) is 44.9 Å². The van der Waals surface area contributed by atoms with E-state index in [0.717, 1.165) is 45.2 Å². The van der Waals surface area contributed by atoms with E-state index in [9.17, 15) is 4.79 Å². The van der Waals surface area contributed by atoms with Gasteiger partial charge in [-0.05, 0) is 55.5 Å². The van der Waals surface area contributed by atoms with Crippen LogP contribution in [-0.2, 0) is 4.79 Å². The third-order valence-corrected chi connectivity index (χ3v) is 5.71. The summed E-state index contributed by atoms with van der Waals surface area (Å²) in [5.74, 6) is 1.25. The molecule has 1 aliphatic carbocycles. The molecule has 2 fully saturated rings. The molecule has 3 nitrogen and oxygen atoms in total. The molecule has 1 aromatic carbocycles. The SMILES string of the molecule is CC1(CN)CCN(C(=O)C2CCC(c3ccccc3)CC2)C1.Cl. The van der Waals surface area contributed by atoms with Crippen molar-refractivity contribution in [1.29, 1.82) is 0 Å².